The molecule has 10 heteroatoms. The summed E-state index contributed by atoms with van der Waals surface area (Å²) in [6.45, 7) is 3.63. The van der Waals surface area contributed by atoms with Crippen molar-refractivity contribution < 1.29 is 19.1 Å². The molecule has 0 unspecified atom stereocenters. The zero-order valence-electron chi connectivity index (χ0n) is 25.3. The van der Waals surface area contributed by atoms with E-state index in [0.29, 0.717) is 34.8 Å². The smallest absolute Gasteiger partial charge is 0.324 e. The highest BCUT2D eigenvalue weighted by molar-refractivity contribution is 6.23. The number of benzene rings is 3. The van der Waals surface area contributed by atoms with Gasteiger partial charge in [0.1, 0.15) is 17.5 Å². The molecule has 5 aromatic rings. The number of rotatable bonds is 10. The molecule has 3 heterocycles. The molecule has 228 valence electrons. The number of ether oxygens (including phenoxy) is 2. The molecule has 3 N–H and O–H groups in total. The molecule has 3 aromatic carbocycles. The van der Waals surface area contributed by atoms with E-state index in [1.807, 2.05) is 98.8 Å². The predicted molar refractivity (Wildman–Crippen MR) is 172 cm³/mol. The lowest BCUT2D eigenvalue weighted by molar-refractivity contribution is -0.150. The quantitative estimate of drug-likeness (QED) is 0.197. The standard InChI is InChI=1S/C35H34N6O4/c1-22(2)32(36)35(43)45-21-40-19-18-29(38-40)37-27-20-28-31(23-10-6-4-7-11-23)33(25-12-8-5-9-13-25)39-41(28)34(42)30(27)24-14-16-26(44-3)17-15-24/h4-19,22,32H,20-21,36H2,1-3H3,(H,37,38)/t32-/m0/s1. The van der Waals surface area contributed by atoms with Gasteiger partial charge in [-0.2, -0.15) is 14.9 Å². The maximum Gasteiger partial charge on any atom is 0.324 e. The summed E-state index contributed by atoms with van der Waals surface area (Å²) in [7, 11) is 1.60. The molecule has 0 bridgehead atoms. The van der Waals surface area contributed by atoms with Gasteiger partial charge in [-0.1, -0.05) is 86.6 Å². The molecule has 0 saturated heterocycles. The summed E-state index contributed by atoms with van der Waals surface area (Å²) in [6.07, 6.45) is 2.07. The minimum Gasteiger partial charge on any atom is -0.497 e. The summed E-state index contributed by atoms with van der Waals surface area (Å²) in [4.78, 5) is 26.6. The van der Waals surface area contributed by atoms with Crippen LogP contribution in [0.3, 0.4) is 0 Å². The molecular formula is C35H34N6O4. The van der Waals surface area contributed by atoms with Crippen molar-refractivity contribution in [3.05, 3.63) is 114 Å². The van der Waals surface area contributed by atoms with Gasteiger partial charge in [0.15, 0.2) is 12.5 Å². The number of nitrogens with zero attached hydrogens (tertiary/aromatic N) is 4. The second kappa shape index (κ2) is 12.6. The van der Waals surface area contributed by atoms with Crippen LogP contribution in [-0.4, -0.2) is 44.6 Å². The largest absolute Gasteiger partial charge is 0.497 e. The van der Waals surface area contributed by atoms with E-state index >= 15 is 0 Å². The highest BCUT2D eigenvalue weighted by atomic mass is 16.5. The van der Waals surface area contributed by atoms with Crippen LogP contribution in [0.5, 0.6) is 5.75 Å². The Morgan fingerprint density at radius 1 is 0.911 bits per heavy atom. The van der Waals surface area contributed by atoms with Crippen LogP contribution >= 0.6 is 0 Å². The van der Waals surface area contributed by atoms with Gasteiger partial charge < -0.3 is 20.5 Å². The van der Waals surface area contributed by atoms with Gasteiger partial charge in [-0.25, -0.2) is 4.68 Å². The Labute approximate surface area is 261 Å². The first-order valence-electron chi connectivity index (χ1n) is 14.7. The first-order chi connectivity index (χ1) is 21.8. The fraction of sp³-hybridized carbons (Fsp3) is 0.200. The molecule has 0 radical (unpaired) electrons. The van der Waals surface area contributed by atoms with Crippen LogP contribution < -0.4 is 15.8 Å². The molecule has 2 aromatic heterocycles. The molecule has 0 aliphatic carbocycles. The molecule has 1 aliphatic heterocycles. The molecule has 0 amide bonds. The van der Waals surface area contributed by atoms with Gasteiger partial charge in [0, 0.05) is 35.5 Å². The van der Waals surface area contributed by atoms with Crippen molar-refractivity contribution in [3.63, 3.8) is 0 Å². The first kappa shape index (κ1) is 29.6. The Balaban J connectivity index is 1.40. The van der Waals surface area contributed by atoms with E-state index in [1.165, 1.54) is 9.36 Å². The van der Waals surface area contributed by atoms with Crippen molar-refractivity contribution >= 4 is 23.3 Å². The Kier molecular flexibility index (Phi) is 8.30. The van der Waals surface area contributed by atoms with Gasteiger partial charge in [-0.05, 0) is 29.2 Å². The lowest BCUT2D eigenvalue weighted by Crippen LogP contribution is -2.37. The van der Waals surface area contributed by atoms with Crippen molar-refractivity contribution in [2.45, 2.75) is 33.0 Å². The molecule has 0 saturated carbocycles. The summed E-state index contributed by atoms with van der Waals surface area (Å²) in [5.74, 6) is 0.370. The highest BCUT2D eigenvalue weighted by Crippen LogP contribution is 2.40. The summed E-state index contributed by atoms with van der Waals surface area (Å²) >= 11 is 0. The summed E-state index contributed by atoms with van der Waals surface area (Å²) in [5.41, 5.74) is 12.0. The SMILES string of the molecule is COc1ccc(C2=C(Nc3ccn(COC(=O)[C@@H](N)C(C)C)n3)Cc3c(-c4ccccc4)c(-c4ccccc4)nn3C2=O)cc1. The molecule has 0 fully saturated rings. The maximum atomic E-state index is 14.4. The van der Waals surface area contributed by atoms with E-state index in [1.54, 1.807) is 19.4 Å². The number of hydrogen-bond donors (Lipinski definition) is 2. The number of nitrogens with two attached hydrogens (primary N) is 1. The van der Waals surface area contributed by atoms with Crippen molar-refractivity contribution in [1.82, 2.24) is 19.6 Å². The zero-order valence-corrected chi connectivity index (χ0v) is 25.3. The maximum absolute atomic E-state index is 14.4. The highest BCUT2D eigenvalue weighted by Gasteiger charge is 2.33. The third-order valence-electron chi connectivity index (χ3n) is 7.77. The first-order valence-corrected chi connectivity index (χ1v) is 14.7. The number of esters is 1. The van der Waals surface area contributed by atoms with E-state index in [4.69, 9.17) is 20.3 Å². The molecular weight excluding hydrogens is 568 g/mol. The Morgan fingerprint density at radius 2 is 1.58 bits per heavy atom. The van der Waals surface area contributed by atoms with Crippen LogP contribution in [0.1, 0.15) is 29.9 Å². The van der Waals surface area contributed by atoms with Gasteiger partial charge >= 0.3 is 5.97 Å². The number of carbonyl (C=O) groups excluding carboxylic acids is 2. The van der Waals surface area contributed by atoms with Crippen molar-refractivity contribution in [2.75, 3.05) is 12.4 Å². The summed E-state index contributed by atoms with van der Waals surface area (Å²) < 4.78 is 13.7. The van der Waals surface area contributed by atoms with E-state index in [-0.39, 0.29) is 18.6 Å². The van der Waals surface area contributed by atoms with Crippen LogP contribution in [0.4, 0.5) is 5.82 Å². The minimum absolute atomic E-state index is 0.0453. The topological polar surface area (TPSA) is 126 Å². The zero-order chi connectivity index (χ0) is 31.5. The average molecular weight is 603 g/mol. The van der Waals surface area contributed by atoms with Crippen LogP contribution in [0.2, 0.25) is 0 Å². The Bertz CT molecular complexity index is 1860. The molecule has 0 spiro atoms. The number of allylic oxidation sites excluding steroid dienone is 2. The van der Waals surface area contributed by atoms with Crippen LogP contribution in [0.15, 0.2) is 103 Å². The average Bonchev–Trinajstić information content (AvgIpc) is 3.69. The second-order valence-corrected chi connectivity index (χ2v) is 11.1. The van der Waals surface area contributed by atoms with E-state index < -0.39 is 12.0 Å². The Hall–Kier alpha value is -5.48. The van der Waals surface area contributed by atoms with Crippen molar-refractivity contribution in [1.29, 1.82) is 0 Å². The van der Waals surface area contributed by atoms with E-state index in [2.05, 4.69) is 10.4 Å². The van der Waals surface area contributed by atoms with Crippen LogP contribution in [0.25, 0.3) is 28.0 Å². The Morgan fingerprint density at radius 3 is 2.22 bits per heavy atom. The molecule has 1 aliphatic rings. The summed E-state index contributed by atoms with van der Waals surface area (Å²) in [5, 5.41) is 12.8. The predicted octanol–water partition coefficient (Wildman–Crippen LogP) is 5.63. The lowest BCUT2D eigenvalue weighted by Gasteiger charge is -2.22. The number of anilines is 1. The number of nitrogens with one attached hydrogen (secondary N) is 1. The minimum atomic E-state index is -0.715. The molecule has 1 atom stereocenters. The fourth-order valence-electron chi connectivity index (χ4n) is 5.30. The van der Waals surface area contributed by atoms with Gasteiger partial charge in [0.05, 0.1) is 18.4 Å². The molecule has 45 heavy (non-hydrogen) atoms. The van der Waals surface area contributed by atoms with Crippen LogP contribution in [-0.2, 0) is 22.7 Å². The fourth-order valence-corrected chi connectivity index (χ4v) is 5.30. The van der Waals surface area contributed by atoms with Gasteiger partial charge in [0.2, 0.25) is 0 Å². The number of hydrogen-bond acceptors (Lipinski definition) is 8. The van der Waals surface area contributed by atoms with Gasteiger partial charge in [-0.15, -0.1) is 0 Å². The monoisotopic (exact) mass is 602 g/mol. The van der Waals surface area contributed by atoms with Gasteiger partial charge in [-0.3, -0.25) is 9.59 Å². The van der Waals surface area contributed by atoms with Crippen LogP contribution in [0, 0.1) is 5.92 Å². The van der Waals surface area contributed by atoms with Crippen molar-refractivity contribution in [2.24, 2.45) is 11.7 Å². The summed E-state index contributed by atoms with van der Waals surface area (Å²) in [6, 6.07) is 28.2. The molecule has 6 rings (SSSR count). The van der Waals surface area contributed by atoms with Gasteiger partial charge in [0.25, 0.3) is 5.91 Å². The third kappa shape index (κ3) is 6.00. The normalized spacial score (nSPS) is 13.5. The van der Waals surface area contributed by atoms with E-state index in [0.717, 1.165) is 28.1 Å². The number of aromatic nitrogens is 4. The number of carbonyl (C=O) groups is 2. The van der Waals surface area contributed by atoms with Crippen molar-refractivity contribution in [3.8, 4) is 28.1 Å². The van der Waals surface area contributed by atoms with E-state index in [9.17, 15) is 9.59 Å². The molecule has 10 nitrogen and oxygen atoms in total. The third-order valence-corrected chi connectivity index (χ3v) is 7.77. The lowest BCUT2D eigenvalue weighted by atomic mass is 9.92. The second-order valence-electron chi connectivity index (χ2n) is 11.1. The number of methoxy groups -OCH3 is 1. The number of fused-ring (bicyclic) bond motifs is 1.